The van der Waals surface area contributed by atoms with Crippen LogP contribution in [0.25, 0.3) is 0 Å². The van der Waals surface area contributed by atoms with Crippen molar-refractivity contribution in [1.82, 2.24) is 10.2 Å². The summed E-state index contributed by atoms with van der Waals surface area (Å²) in [5, 5.41) is 20.0. The predicted molar refractivity (Wildman–Crippen MR) is 108 cm³/mol. The van der Waals surface area contributed by atoms with Gasteiger partial charge < -0.3 is 9.47 Å². The molecule has 0 fully saturated rings. The highest BCUT2D eigenvalue weighted by Gasteiger charge is 2.10. The van der Waals surface area contributed by atoms with Gasteiger partial charge >= 0.3 is 0 Å². The van der Waals surface area contributed by atoms with Crippen LogP contribution in [0.5, 0.6) is 11.5 Å². The summed E-state index contributed by atoms with van der Waals surface area (Å²) in [5.41, 5.74) is 1.71. The minimum atomic E-state index is -0.310. The Kier molecular flexibility index (Phi) is 6.84. The zero-order chi connectivity index (χ0) is 19.8. The first-order valence-corrected chi connectivity index (χ1v) is 9.98. The molecule has 3 rings (SSSR count). The first-order chi connectivity index (χ1) is 13.7. The van der Waals surface area contributed by atoms with Crippen LogP contribution in [0, 0.1) is 11.3 Å². The number of amides is 1. The number of hydrogen-bond donors (Lipinski definition) is 1. The van der Waals surface area contributed by atoms with Crippen LogP contribution in [-0.4, -0.2) is 29.8 Å². The summed E-state index contributed by atoms with van der Waals surface area (Å²) in [6.07, 6.45) is 0. The molecule has 7 nitrogen and oxygen atoms in total. The van der Waals surface area contributed by atoms with Gasteiger partial charge in [-0.1, -0.05) is 35.2 Å². The van der Waals surface area contributed by atoms with Gasteiger partial charge in [0.2, 0.25) is 5.13 Å². The van der Waals surface area contributed by atoms with E-state index in [0.717, 1.165) is 15.7 Å². The van der Waals surface area contributed by atoms with Crippen LogP contribution in [0.1, 0.15) is 11.1 Å². The number of nitrogens with one attached hydrogen (secondary N) is 1. The molecule has 0 saturated heterocycles. The van der Waals surface area contributed by atoms with E-state index in [-0.39, 0.29) is 12.5 Å². The lowest BCUT2D eigenvalue weighted by Gasteiger charge is -2.06. The maximum Gasteiger partial charge on any atom is 0.264 e. The van der Waals surface area contributed by atoms with Crippen molar-refractivity contribution in [2.45, 2.75) is 10.1 Å². The molecule has 0 atom stereocenters. The average molecular weight is 412 g/mol. The van der Waals surface area contributed by atoms with Crippen molar-refractivity contribution in [2.75, 3.05) is 19.0 Å². The summed E-state index contributed by atoms with van der Waals surface area (Å²) in [5.74, 6) is 1.69. The number of benzene rings is 2. The number of aromatic nitrogens is 2. The molecule has 0 aliphatic carbocycles. The van der Waals surface area contributed by atoms with Gasteiger partial charge in [0.15, 0.2) is 10.9 Å². The van der Waals surface area contributed by atoms with Crippen molar-refractivity contribution < 1.29 is 14.3 Å². The topological polar surface area (TPSA) is 97.1 Å². The fourth-order valence-electron chi connectivity index (χ4n) is 2.12. The molecule has 1 N–H and O–H groups in total. The van der Waals surface area contributed by atoms with E-state index in [2.05, 4.69) is 21.6 Å². The molecule has 0 bridgehead atoms. The lowest BCUT2D eigenvalue weighted by atomic mass is 10.2. The SMILES string of the molecule is COc1ccc(OCC(=O)Nc2nnc(SCc3ccc(C#N)cc3)s2)cc1. The molecule has 0 aliphatic rings. The quantitative estimate of drug-likeness (QED) is 0.445. The second-order valence-electron chi connectivity index (χ2n) is 5.48. The number of hydrogen-bond acceptors (Lipinski definition) is 8. The normalized spacial score (nSPS) is 10.1. The van der Waals surface area contributed by atoms with Crippen LogP contribution >= 0.6 is 23.1 Å². The minimum absolute atomic E-state index is 0.125. The first kappa shape index (κ1) is 19.7. The molecule has 0 aliphatic heterocycles. The van der Waals surface area contributed by atoms with E-state index in [9.17, 15) is 4.79 Å². The van der Waals surface area contributed by atoms with Crippen LogP contribution < -0.4 is 14.8 Å². The minimum Gasteiger partial charge on any atom is -0.497 e. The van der Waals surface area contributed by atoms with Crippen molar-refractivity contribution in [1.29, 1.82) is 5.26 Å². The van der Waals surface area contributed by atoms with Crippen molar-refractivity contribution in [3.8, 4) is 17.6 Å². The van der Waals surface area contributed by atoms with Crippen molar-refractivity contribution >= 4 is 34.1 Å². The molecule has 9 heteroatoms. The number of anilines is 1. The Morgan fingerprint density at radius 1 is 1.14 bits per heavy atom. The van der Waals surface area contributed by atoms with Crippen molar-refractivity contribution in [2.24, 2.45) is 0 Å². The van der Waals surface area contributed by atoms with E-state index < -0.39 is 0 Å². The number of rotatable bonds is 8. The molecule has 1 aromatic heterocycles. The zero-order valence-corrected chi connectivity index (χ0v) is 16.5. The molecular formula is C19H16N4O3S2. The summed E-state index contributed by atoms with van der Waals surface area (Å²) in [6, 6.07) is 16.5. The largest absolute Gasteiger partial charge is 0.497 e. The number of nitrogens with zero attached hydrogens (tertiary/aromatic N) is 3. The van der Waals surface area contributed by atoms with Gasteiger partial charge in [0.1, 0.15) is 11.5 Å². The lowest BCUT2D eigenvalue weighted by Crippen LogP contribution is -2.20. The summed E-state index contributed by atoms with van der Waals surface area (Å²) in [6.45, 7) is -0.125. The van der Waals surface area contributed by atoms with Crippen LogP contribution in [0.15, 0.2) is 52.9 Å². The fraction of sp³-hybridized carbons (Fsp3) is 0.158. The second kappa shape index (κ2) is 9.73. The molecular weight excluding hydrogens is 396 g/mol. The smallest absolute Gasteiger partial charge is 0.264 e. The Bertz CT molecular complexity index is 966. The van der Waals surface area contributed by atoms with Gasteiger partial charge in [0.25, 0.3) is 5.91 Å². The Labute approximate surface area is 170 Å². The van der Waals surface area contributed by atoms with E-state index in [1.54, 1.807) is 43.5 Å². The van der Waals surface area contributed by atoms with Gasteiger partial charge in [0.05, 0.1) is 18.7 Å². The van der Waals surface area contributed by atoms with E-state index >= 15 is 0 Å². The number of nitriles is 1. The van der Waals surface area contributed by atoms with Crippen molar-refractivity contribution in [3.05, 3.63) is 59.7 Å². The average Bonchev–Trinajstić information content (AvgIpc) is 3.18. The van der Waals surface area contributed by atoms with Crippen molar-refractivity contribution in [3.63, 3.8) is 0 Å². The van der Waals surface area contributed by atoms with Gasteiger partial charge in [-0.15, -0.1) is 10.2 Å². The van der Waals surface area contributed by atoms with Crippen LogP contribution in [-0.2, 0) is 10.5 Å². The number of methoxy groups -OCH3 is 1. The third kappa shape index (κ3) is 5.70. The molecule has 3 aromatic rings. The number of carbonyl (C=O) groups is 1. The highest BCUT2D eigenvalue weighted by atomic mass is 32.2. The molecule has 0 saturated carbocycles. The van der Waals surface area contributed by atoms with Gasteiger partial charge in [-0.2, -0.15) is 5.26 Å². The van der Waals surface area contributed by atoms with Gasteiger partial charge in [-0.05, 0) is 42.0 Å². The molecule has 1 amide bonds. The highest BCUT2D eigenvalue weighted by Crippen LogP contribution is 2.28. The van der Waals surface area contributed by atoms with Gasteiger partial charge in [0, 0.05) is 5.75 Å². The molecule has 142 valence electrons. The highest BCUT2D eigenvalue weighted by molar-refractivity contribution is 8.00. The van der Waals surface area contributed by atoms with Crippen LogP contribution in [0.2, 0.25) is 0 Å². The lowest BCUT2D eigenvalue weighted by molar-refractivity contribution is -0.118. The molecule has 0 unspecified atom stereocenters. The predicted octanol–water partition coefficient (Wildman–Crippen LogP) is 3.73. The Morgan fingerprint density at radius 3 is 2.54 bits per heavy atom. The summed E-state index contributed by atoms with van der Waals surface area (Å²) >= 11 is 2.82. The number of thioether (sulfide) groups is 1. The van der Waals surface area contributed by atoms with E-state index in [1.807, 2.05) is 12.1 Å². The van der Waals surface area contributed by atoms with Gasteiger partial charge in [-0.25, -0.2) is 0 Å². The number of ether oxygens (including phenoxy) is 2. The zero-order valence-electron chi connectivity index (χ0n) is 14.9. The fourth-order valence-corrected chi connectivity index (χ4v) is 3.84. The molecule has 0 radical (unpaired) electrons. The monoisotopic (exact) mass is 412 g/mol. The van der Waals surface area contributed by atoms with Crippen LogP contribution in [0.4, 0.5) is 5.13 Å². The van der Waals surface area contributed by atoms with E-state index in [4.69, 9.17) is 14.7 Å². The molecule has 1 heterocycles. The Hall–Kier alpha value is -3.09. The maximum absolute atomic E-state index is 12.0. The third-order valence-corrected chi connectivity index (χ3v) is 5.57. The summed E-state index contributed by atoms with van der Waals surface area (Å²) < 4.78 is 11.2. The molecule has 0 spiro atoms. The standard InChI is InChI=1S/C19H16N4O3S2/c1-25-15-6-8-16(9-7-15)26-11-17(24)21-18-22-23-19(28-18)27-12-14-4-2-13(10-20)3-5-14/h2-9H,11-12H2,1H3,(H,21,22,24). The molecule has 2 aromatic carbocycles. The van der Waals surface area contributed by atoms with Crippen LogP contribution in [0.3, 0.4) is 0 Å². The molecule has 28 heavy (non-hydrogen) atoms. The maximum atomic E-state index is 12.0. The third-order valence-electron chi connectivity index (χ3n) is 3.53. The summed E-state index contributed by atoms with van der Waals surface area (Å²) in [4.78, 5) is 12.0. The van der Waals surface area contributed by atoms with Gasteiger partial charge in [-0.3, -0.25) is 10.1 Å². The first-order valence-electron chi connectivity index (χ1n) is 8.18. The summed E-state index contributed by atoms with van der Waals surface area (Å²) in [7, 11) is 1.59. The Balaban J connectivity index is 1.45. The second-order valence-corrected chi connectivity index (χ2v) is 7.68. The van der Waals surface area contributed by atoms with E-state index in [0.29, 0.717) is 22.2 Å². The number of carbonyl (C=O) groups excluding carboxylic acids is 1. The van der Waals surface area contributed by atoms with E-state index in [1.165, 1.54) is 23.1 Å². The Morgan fingerprint density at radius 2 is 1.86 bits per heavy atom.